The molecule has 1 saturated heterocycles. The van der Waals surface area contributed by atoms with Crippen molar-refractivity contribution in [1.29, 1.82) is 0 Å². The van der Waals surface area contributed by atoms with E-state index in [0.717, 1.165) is 0 Å². The number of nitrogens with zero attached hydrogens (tertiary/aromatic N) is 1. The Hall–Kier alpha value is -0.280. The van der Waals surface area contributed by atoms with Crippen LogP contribution in [-0.4, -0.2) is 41.5 Å². The van der Waals surface area contributed by atoms with Gasteiger partial charge in [0.05, 0.1) is 6.61 Å². The van der Waals surface area contributed by atoms with Crippen LogP contribution in [0, 0.1) is 5.92 Å². The van der Waals surface area contributed by atoms with Gasteiger partial charge in [-0.1, -0.05) is 0 Å². The molecule has 1 N–H and O–H groups in total. The standard InChI is InChI=1S/C7H12ClNO2/c8-4-6-3-7(11)9(5-6)1-2-10/h6,10H,1-5H2. The van der Waals surface area contributed by atoms with E-state index in [0.29, 0.717) is 25.4 Å². The molecule has 1 aliphatic rings. The Kier molecular flexibility index (Phi) is 3.15. The van der Waals surface area contributed by atoms with Crippen LogP contribution in [0.5, 0.6) is 0 Å². The molecule has 0 aromatic heterocycles. The van der Waals surface area contributed by atoms with E-state index in [1.165, 1.54) is 0 Å². The molecule has 1 rings (SSSR count). The summed E-state index contributed by atoms with van der Waals surface area (Å²) >= 11 is 5.60. The number of rotatable bonds is 3. The Morgan fingerprint density at radius 3 is 2.91 bits per heavy atom. The van der Waals surface area contributed by atoms with Crippen molar-refractivity contribution >= 4 is 17.5 Å². The molecular weight excluding hydrogens is 166 g/mol. The average molecular weight is 178 g/mol. The molecule has 1 heterocycles. The second kappa shape index (κ2) is 3.93. The van der Waals surface area contributed by atoms with Crippen molar-refractivity contribution < 1.29 is 9.90 Å². The van der Waals surface area contributed by atoms with E-state index in [2.05, 4.69) is 0 Å². The van der Waals surface area contributed by atoms with Crippen LogP contribution in [0.25, 0.3) is 0 Å². The van der Waals surface area contributed by atoms with E-state index in [4.69, 9.17) is 16.7 Å². The van der Waals surface area contributed by atoms with Crippen LogP contribution in [0.15, 0.2) is 0 Å². The molecule has 1 amide bonds. The molecule has 1 unspecified atom stereocenters. The lowest BCUT2D eigenvalue weighted by atomic mass is 10.2. The minimum Gasteiger partial charge on any atom is -0.395 e. The average Bonchev–Trinajstić information content (AvgIpc) is 2.33. The van der Waals surface area contributed by atoms with Gasteiger partial charge in [-0.2, -0.15) is 0 Å². The lowest BCUT2D eigenvalue weighted by Gasteiger charge is -2.13. The van der Waals surface area contributed by atoms with E-state index >= 15 is 0 Å². The molecule has 0 radical (unpaired) electrons. The number of likely N-dealkylation sites (tertiary alicyclic amines) is 1. The van der Waals surface area contributed by atoms with Crippen molar-refractivity contribution in [2.24, 2.45) is 5.92 Å². The number of halogens is 1. The highest BCUT2D eigenvalue weighted by Gasteiger charge is 2.27. The molecule has 3 nitrogen and oxygen atoms in total. The predicted octanol–water partition coefficient (Wildman–Crippen LogP) is 0.0660. The zero-order valence-corrected chi connectivity index (χ0v) is 7.05. The Bertz CT molecular complexity index is 151. The second-order valence-electron chi connectivity index (χ2n) is 2.79. The van der Waals surface area contributed by atoms with E-state index in [9.17, 15) is 4.79 Å². The predicted molar refractivity (Wildman–Crippen MR) is 42.5 cm³/mol. The zero-order valence-electron chi connectivity index (χ0n) is 6.29. The summed E-state index contributed by atoms with van der Waals surface area (Å²) in [6.07, 6.45) is 0.545. The normalized spacial score (nSPS) is 24.7. The van der Waals surface area contributed by atoms with Crippen LogP contribution in [0.2, 0.25) is 0 Å². The highest BCUT2D eigenvalue weighted by Crippen LogP contribution is 2.17. The van der Waals surface area contributed by atoms with Crippen molar-refractivity contribution in [3.63, 3.8) is 0 Å². The fraction of sp³-hybridized carbons (Fsp3) is 0.857. The molecule has 0 bridgehead atoms. The Morgan fingerprint density at radius 1 is 1.73 bits per heavy atom. The molecule has 0 aromatic carbocycles. The molecule has 1 fully saturated rings. The number of carbonyl (C=O) groups is 1. The second-order valence-corrected chi connectivity index (χ2v) is 3.10. The van der Waals surface area contributed by atoms with E-state index in [-0.39, 0.29) is 18.4 Å². The maximum absolute atomic E-state index is 11.1. The number of aliphatic hydroxyl groups is 1. The summed E-state index contributed by atoms with van der Waals surface area (Å²) in [5.74, 6) is 0.939. The first-order valence-electron chi connectivity index (χ1n) is 3.72. The van der Waals surface area contributed by atoms with Gasteiger partial charge in [0, 0.05) is 25.4 Å². The number of hydrogen-bond acceptors (Lipinski definition) is 2. The number of alkyl halides is 1. The zero-order chi connectivity index (χ0) is 8.27. The van der Waals surface area contributed by atoms with Crippen molar-refractivity contribution in [3.05, 3.63) is 0 Å². The van der Waals surface area contributed by atoms with Crippen LogP contribution in [0.4, 0.5) is 0 Å². The van der Waals surface area contributed by atoms with Gasteiger partial charge in [-0.05, 0) is 5.92 Å². The maximum Gasteiger partial charge on any atom is 0.223 e. The first-order valence-corrected chi connectivity index (χ1v) is 4.26. The largest absolute Gasteiger partial charge is 0.395 e. The molecule has 0 saturated carbocycles. The summed E-state index contributed by atoms with van der Waals surface area (Å²) in [7, 11) is 0. The molecule has 0 aromatic rings. The van der Waals surface area contributed by atoms with E-state index in [1.54, 1.807) is 4.90 Å². The van der Waals surface area contributed by atoms with Gasteiger partial charge in [-0.25, -0.2) is 0 Å². The Morgan fingerprint density at radius 2 is 2.45 bits per heavy atom. The van der Waals surface area contributed by atoms with Crippen molar-refractivity contribution in [2.75, 3.05) is 25.6 Å². The van der Waals surface area contributed by atoms with Gasteiger partial charge in [0.1, 0.15) is 0 Å². The minimum absolute atomic E-state index is 0.0424. The lowest BCUT2D eigenvalue weighted by Crippen LogP contribution is -2.28. The van der Waals surface area contributed by atoms with Gasteiger partial charge >= 0.3 is 0 Å². The first kappa shape index (κ1) is 8.81. The van der Waals surface area contributed by atoms with Gasteiger partial charge in [0.15, 0.2) is 0 Å². The summed E-state index contributed by atoms with van der Waals surface area (Å²) in [6, 6.07) is 0. The fourth-order valence-corrected chi connectivity index (χ4v) is 1.50. The van der Waals surface area contributed by atoms with Crippen LogP contribution >= 0.6 is 11.6 Å². The molecule has 1 atom stereocenters. The summed E-state index contributed by atoms with van der Waals surface area (Å²) in [5, 5.41) is 8.58. The van der Waals surface area contributed by atoms with E-state index in [1.807, 2.05) is 0 Å². The quantitative estimate of drug-likeness (QED) is 0.620. The molecule has 4 heteroatoms. The van der Waals surface area contributed by atoms with Crippen molar-refractivity contribution in [1.82, 2.24) is 4.90 Å². The summed E-state index contributed by atoms with van der Waals surface area (Å²) in [6.45, 7) is 1.20. The van der Waals surface area contributed by atoms with Crippen molar-refractivity contribution in [2.45, 2.75) is 6.42 Å². The molecule has 0 spiro atoms. The number of carbonyl (C=O) groups excluding carboxylic acids is 1. The van der Waals surface area contributed by atoms with Gasteiger partial charge in [-0.3, -0.25) is 4.79 Å². The van der Waals surface area contributed by atoms with Crippen LogP contribution in [0.1, 0.15) is 6.42 Å². The molecule has 0 aliphatic carbocycles. The maximum atomic E-state index is 11.1. The minimum atomic E-state index is 0.0424. The summed E-state index contributed by atoms with van der Waals surface area (Å²) in [5.41, 5.74) is 0. The van der Waals surface area contributed by atoms with E-state index < -0.39 is 0 Å². The third-order valence-electron chi connectivity index (χ3n) is 1.88. The molecular formula is C7H12ClNO2. The van der Waals surface area contributed by atoms with Gasteiger partial charge < -0.3 is 10.0 Å². The van der Waals surface area contributed by atoms with Crippen molar-refractivity contribution in [3.8, 4) is 0 Å². The topological polar surface area (TPSA) is 40.5 Å². The summed E-state index contributed by atoms with van der Waals surface area (Å²) < 4.78 is 0. The van der Waals surface area contributed by atoms with Gasteiger partial charge in [-0.15, -0.1) is 11.6 Å². The fourth-order valence-electron chi connectivity index (χ4n) is 1.29. The van der Waals surface area contributed by atoms with Gasteiger partial charge in [0.25, 0.3) is 0 Å². The highest BCUT2D eigenvalue weighted by molar-refractivity contribution is 6.18. The number of aliphatic hydroxyl groups excluding tert-OH is 1. The molecule has 1 aliphatic heterocycles. The van der Waals surface area contributed by atoms with Crippen LogP contribution < -0.4 is 0 Å². The Labute approximate surface area is 70.9 Å². The highest BCUT2D eigenvalue weighted by atomic mass is 35.5. The van der Waals surface area contributed by atoms with Crippen LogP contribution in [0.3, 0.4) is 0 Å². The monoisotopic (exact) mass is 177 g/mol. The lowest BCUT2D eigenvalue weighted by molar-refractivity contribution is -0.128. The smallest absolute Gasteiger partial charge is 0.223 e. The number of amides is 1. The summed E-state index contributed by atoms with van der Waals surface area (Å²) in [4.78, 5) is 12.7. The SMILES string of the molecule is O=C1CC(CCl)CN1CCO. The molecule has 64 valence electrons. The third kappa shape index (κ3) is 2.07. The Balaban J connectivity index is 2.38. The van der Waals surface area contributed by atoms with Gasteiger partial charge in [0.2, 0.25) is 5.91 Å². The number of hydrogen-bond donors (Lipinski definition) is 1. The first-order chi connectivity index (χ1) is 5.27. The van der Waals surface area contributed by atoms with Crippen LogP contribution in [-0.2, 0) is 4.79 Å². The number of β-amino-alcohol motifs (C(OH)–C–C–N with tert-alkyl or cyclic N) is 1. The third-order valence-corrected chi connectivity index (χ3v) is 2.32. The molecule has 11 heavy (non-hydrogen) atoms.